The molecular weight excluding hydrogens is 427 g/mol. The monoisotopic (exact) mass is 448 g/mol. The summed E-state index contributed by atoms with van der Waals surface area (Å²) in [6.45, 7) is 0.459. The molecule has 9 heteroatoms. The normalized spacial score (nSPS) is 16.6. The summed E-state index contributed by atoms with van der Waals surface area (Å²) in [6, 6.07) is 12.3. The van der Waals surface area contributed by atoms with Crippen molar-refractivity contribution in [3.8, 4) is 0 Å². The third-order valence-electron chi connectivity index (χ3n) is 5.38. The van der Waals surface area contributed by atoms with Crippen LogP contribution in [0.4, 0.5) is 4.39 Å². The second kappa shape index (κ2) is 8.05. The summed E-state index contributed by atoms with van der Waals surface area (Å²) < 4.78 is 47.6. The molecule has 158 valence electrons. The van der Waals surface area contributed by atoms with Gasteiger partial charge in [0.2, 0.25) is 10.0 Å². The molecule has 6 nitrogen and oxygen atoms in total. The third-order valence-corrected chi connectivity index (χ3v) is 8.60. The van der Waals surface area contributed by atoms with E-state index in [4.69, 9.17) is 4.74 Å². The molecular formula is C21H21FN2O4S2. The number of nitrogens with zero attached hydrogens (tertiary/aromatic N) is 2. The Kier molecular flexibility index (Phi) is 5.61. The van der Waals surface area contributed by atoms with Crippen molar-refractivity contribution in [2.24, 2.45) is 0 Å². The molecule has 0 N–H and O–H groups in total. The van der Waals surface area contributed by atoms with Gasteiger partial charge in [-0.1, -0.05) is 18.2 Å². The van der Waals surface area contributed by atoms with Crippen LogP contribution >= 0.6 is 11.8 Å². The van der Waals surface area contributed by atoms with E-state index in [0.717, 1.165) is 33.6 Å². The maximum Gasteiger partial charge on any atom is 0.310 e. The molecule has 0 saturated heterocycles. The predicted octanol–water partition coefficient (Wildman–Crippen LogP) is 3.29. The number of sulfonamides is 1. The largest absolute Gasteiger partial charge is 0.469 e. The number of fused-ring (bicyclic) bond motifs is 3. The molecule has 1 aliphatic rings. The van der Waals surface area contributed by atoms with Crippen LogP contribution < -0.4 is 0 Å². The Labute approximate surface area is 178 Å². The van der Waals surface area contributed by atoms with Gasteiger partial charge < -0.3 is 9.30 Å². The summed E-state index contributed by atoms with van der Waals surface area (Å²) in [5.74, 6) is -0.249. The highest BCUT2D eigenvalue weighted by molar-refractivity contribution is 7.99. The number of hydrogen-bond acceptors (Lipinski definition) is 5. The first-order valence-corrected chi connectivity index (χ1v) is 11.8. The second-order valence-corrected chi connectivity index (χ2v) is 10.1. The molecule has 0 spiro atoms. The van der Waals surface area contributed by atoms with Crippen LogP contribution in [-0.2, 0) is 32.5 Å². The summed E-state index contributed by atoms with van der Waals surface area (Å²) in [6.07, 6.45) is 0.167. The lowest BCUT2D eigenvalue weighted by atomic mass is 10.1. The van der Waals surface area contributed by atoms with E-state index in [9.17, 15) is 17.6 Å². The van der Waals surface area contributed by atoms with E-state index < -0.39 is 15.8 Å². The molecule has 0 aliphatic carbocycles. The number of likely N-dealkylation sites (N-methyl/N-ethyl adjacent to an activating group) is 1. The highest BCUT2D eigenvalue weighted by Crippen LogP contribution is 2.38. The topological polar surface area (TPSA) is 68.6 Å². The first-order valence-electron chi connectivity index (χ1n) is 9.36. The standard InChI is InChI=1S/C21H21FN2O4S2/c1-23(30(26,27)16-9-7-14(22)8-10-16)15-12-24-19-6-4-3-5-17(19)18(11-20(25)28-2)21(24)29-13-15/h3-10,15H,11-13H2,1-2H3/t15-/m0/s1. The second-order valence-electron chi connectivity index (χ2n) is 7.10. The average Bonchev–Trinajstić information content (AvgIpc) is 3.06. The van der Waals surface area contributed by atoms with Crippen LogP contribution in [0.2, 0.25) is 0 Å². The van der Waals surface area contributed by atoms with Crippen molar-refractivity contribution in [2.75, 3.05) is 19.9 Å². The zero-order valence-corrected chi connectivity index (χ0v) is 18.2. The van der Waals surface area contributed by atoms with Crippen molar-refractivity contribution in [3.63, 3.8) is 0 Å². The minimum atomic E-state index is -3.76. The van der Waals surface area contributed by atoms with Crippen molar-refractivity contribution >= 4 is 38.7 Å². The summed E-state index contributed by atoms with van der Waals surface area (Å²) in [7, 11) is -0.843. The van der Waals surface area contributed by atoms with E-state index in [0.29, 0.717) is 12.3 Å². The number of benzene rings is 2. The molecule has 4 rings (SSSR count). The fourth-order valence-electron chi connectivity index (χ4n) is 3.71. The summed E-state index contributed by atoms with van der Waals surface area (Å²) in [4.78, 5) is 12.0. The quantitative estimate of drug-likeness (QED) is 0.561. The smallest absolute Gasteiger partial charge is 0.310 e. The van der Waals surface area contributed by atoms with Crippen molar-refractivity contribution < 1.29 is 22.3 Å². The summed E-state index contributed by atoms with van der Waals surface area (Å²) >= 11 is 1.53. The molecule has 0 unspecified atom stereocenters. The SMILES string of the molecule is COC(=O)Cc1c2n(c3ccccc13)C[C@H](N(C)S(=O)(=O)c1ccc(F)cc1)CS2. The number of hydrogen-bond donors (Lipinski definition) is 0. The number of para-hydroxylation sites is 1. The van der Waals surface area contributed by atoms with Gasteiger partial charge in [-0.15, -0.1) is 11.8 Å². The van der Waals surface area contributed by atoms with E-state index in [1.807, 2.05) is 24.3 Å². The Balaban J connectivity index is 1.69. The van der Waals surface area contributed by atoms with E-state index in [2.05, 4.69) is 4.57 Å². The number of carbonyl (C=O) groups excluding carboxylic acids is 1. The van der Waals surface area contributed by atoms with E-state index >= 15 is 0 Å². The molecule has 2 aromatic carbocycles. The van der Waals surface area contributed by atoms with Gasteiger partial charge in [-0.2, -0.15) is 4.31 Å². The minimum absolute atomic E-state index is 0.0611. The molecule has 0 saturated carbocycles. The van der Waals surface area contributed by atoms with Gasteiger partial charge in [0.05, 0.1) is 29.5 Å². The zero-order valence-electron chi connectivity index (χ0n) is 16.5. The molecule has 1 aromatic heterocycles. The maximum atomic E-state index is 13.2. The molecule has 0 amide bonds. The Bertz CT molecular complexity index is 1210. The fraction of sp³-hybridized carbons (Fsp3) is 0.286. The zero-order chi connectivity index (χ0) is 21.5. The van der Waals surface area contributed by atoms with Crippen molar-refractivity contribution in [1.29, 1.82) is 0 Å². The van der Waals surface area contributed by atoms with Crippen LogP contribution in [0.25, 0.3) is 10.9 Å². The van der Waals surface area contributed by atoms with Crippen LogP contribution in [0, 0.1) is 5.82 Å². The number of carbonyl (C=O) groups is 1. The summed E-state index contributed by atoms with van der Waals surface area (Å²) in [5.41, 5.74) is 1.86. The third kappa shape index (κ3) is 3.61. The van der Waals surface area contributed by atoms with Gasteiger partial charge in [-0.3, -0.25) is 4.79 Å². The van der Waals surface area contributed by atoms with Gasteiger partial charge in [0.25, 0.3) is 0 Å². The van der Waals surface area contributed by atoms with Gasteiger partial charge in [0, 0.05) is 35.8 Å². The highest BCUT2D eigenvalue weighted by atomic mass is 32.2. The van der Waals surface area contributed by atoms with Crippen LogP contribution in [0.1, 0.15) is 5.56 Å². The van der Waals surface area contributed by atoms with Crippen LogP contribution in [-0.4, -0.2) is 49.2 Å². The lowest BCUT2D eigenvalue weighted by molar-refractivity contribution is -0.139. The molecule has 3 aromatic rings. The number of aromatic nitrogens is 1. The lowest BCUT2D eigenvalue weighted by Crippen LogP contribution is -2.43. The van der Waals surface area contributed by atoms with Gasteiger partial charge >= 0.3 is 5.97 Å². The Hall–Kier alpha value is -2.36. The Morgan fingerprint density at radius 2 is 1.93 bits per heavy atom. The van der Waals surface area contributed by atoms with Gasteiger partial charge in [-0.05, 0) is 30.3 Å². The number of halogens is 1. The van der Waals surface area contributed by atoms with E-state index in [-0.39, 0.29) is 23.3 Å². The van der Waals surface area contributed by atoms with Crippen LogP contribution in [0.3, 0.4) is 0 Å². The molecule has 30 heavy (non-hydrogen) atoms. The Morgan fingerprint density at radius 1 is 1.23 bits per heavy atom. The van der Waals surface area contributed by atoms with Gasteiger partial charge in [0.15, 0.2) is 0 Å². The van der Waals surface area contributed by atoms with Gasteiger partial charge in [-0.25, -0.2) is 12.8 Å². The summed E-state index contributed by atoms with van der Waals surface area (Å²) in [5, 5.41) is 1.93. The number of methoxy groups -OCH3 is 1. The minimum Gasteiger partial charge on any atom is -0.469 e. The molecule has 1 aliphatic heterocycles. The fourth-order valence-corrected chi connectivity index (χ4v) is 6.52. The molecule has 2 heterocycles. The van der Waals surface area contributed by atoms with Crippen LogP contribution in [0.15, 0.2) is 58.5 Å². The number of rotatable bonds is 5. The lowest BCUT2D eigenvalue weighted by Gasteiger charge is -2.32. The van der Waals surface area contributed by atoms with Gasteiger partial charge in [0.1, 0.15) is 5.82 Å². The maximum absolute atomic E-state index is 13.2. The van der Waals surface area contributed by atoms with E-state index in [1.165, 1.54) is 35.3 Å². The number of esters is 1. The molecule has 0 radical (unpaired) electrons. The predicted molar refractivity (Wildman–Crippen MR) is 114 cm³/mol. The Morgan fingerprint density at radius 3 is 2.63 bits per heavy atom. The molecule has 0 bridgehead atoms. The molecule has 0 fully saturated rings. The first kappa shape index (κ1) is 20.9. The van der Waals surface area contributed by atoms with Crippen molar-refractivity contribution in [1.82, 2.24) is 8.87 Å². The van der Waals surface area contributed by atoms with Crippen molar-refractivity contribution in [3.05, 3.63) is 59.9 Å². The number of ether oxygens (including phenoxy) is 1. The van der Waals surface area contributed by atoms with Crippen LogP contribution in [0.5, 0.6) is 0 Å². The average molecular weight is 449 g/mol. The number of thioether (sulfide) groups is 1. The van der Waals surface area contributed by atoms with E-state index in [1.54, 1.807) is 7.05 Å². The highest BCUT2D eigenvalue weighted by Gasteiger charge is 2.33. The van der Waals surface area contributed by atoms with Crippen molar-refractivity contribution in [2.45, 2.75) is 28.9 Å². The first-order chi connectivity index (χ1) is 14.3. The molecule has 1 atom stereocenters.